The highest BCUT2D eigenvalue weighted by molar-refractivity contribution is 6.30. The molecule has 0 aliphatic heterocycles. The third-order valence-electron chi connectivity index (χ3n) is 3.98. The van der Waals surface area contributed by atoms with Gasteiger partial charge in [-0.2, -0.15) is 0 Å². The van der Waals surface area contributed by atoms with Crippen LogP contribution in [0.4, 0.5) is 0 Å². The molecular formula is C19H16ClN3O3. The number of rotatable bonds is 6. The van der Waals surface area contributed by atoms with Crippen LogP contribution in [-0.4, -0.2) is 14.3 Å². The molecule has 0 aliphatic carbocycles. The fourth-order valence-electron chi connectivity index (χ4n) is 2.85. The van der Waals surface area contributed by atoms with Gasteiger partial charge in [0, 0.05) is 18.8 Å². The predicted octanol–water partition coefficient (Wildman–Crippen LogP) is 3.74. The van der Waals surface area contributed by atoms with Crippen molar-refractivity contribution in [2.75, 3.05) is 0 Å². The van der Waals surface area contributed by atoms with E-state index in [4.69, 9.17) is 20.4 Å². The lowest BCUT2D eigenvalue weighted by Crippen LogP contribution is -2.24. The lowest BCUT2D eigenvalue weighted by molar-refractivity contribution is 0.207. The van der Waals surface area contributed by atoms with Crippen molar-refractivity contribution >= 4 is 17.2 Å². The fourth-order valence-corrected chi connectivity index (χ4v) is 3.01. The first-order chi connectivity index (χ1) is 12.7. The Hall–Kier alpha value is -2.83. The third-order valence-corrected chi connectivity index (χ3v) is 4.20. The molecule has 0 saturated carbocycles. The van der Waals surface area contributed by atoms with Crippen molar-refractivity contribution in [2.24, 2.45) is 0 Å². The average molecular weight is 370 g/mol. The van der Waals surface area contributed by atoms with Gasteiger partial charge in [0.05, 0.1) is 36.3 Å². The van der Waals surface area contributed by atoms with E-state index in [1.54, 1.807) is 30.9 Å². The van der Waals surface area contributed by atoms with Gasteiger partial charge in [-0.1, -0.05) is 11.6 Å². The maximum atomic E-state index is 12.4. The minimum absolute atomic E-state index is 0.163. The van der Waals surface area contributed by atoms with Crippen LogP contribution in [0.25, 0.3) is 5.65 Å². The summed E-state index contributed by atoms with van der Waals surface area (Å²) in [6.45, 7) is 1.64. The Morgan fingerprint density at radius 2 is 1.69 bits per heavy atom. The zero-order valence-corrected chi connectivity index (χ0v) is 14.6. The molecule has 0 spiro atoms. The molecule has 0 atom stereocenters. The van der Waals surface area contributed by atoms with Crippen molar-refractivity contribution in [1.82, 2.24) is 14.3 Å². The van der Waals surface area contributed by atoms with Crippen LogP contribution in [0.2, 0.25) is 5.02 Å². The van der Waals surface area contributed by atoms with E-state index >= 15 is 0 Å². The molecule has 6 nitrogen and oxygen atoms in total. The van der Waals surface area contributed by atoms with Crippen LogP contribution in [0, 0.1) is 0 Å². The van der Waals surface area contributed by atoms with Crippen LogP contribution < -0.4 is 5.56 Å². The molecule has 4 heterocycles. The molecule has 4 aromatic heterocycles. The smallest absolute Gasteiger partial charge is 0.258 e. The van der Waals surface area contributed by atoms with E-state index in [1.807, 2.05) is 24.3 Å². The van der Waals surface area contributed by atoms with Crippen molar-refractivity contribution in [3.63, 3.8) is 0 Å². The maximum Gasteiger partial charge on any atom is 0.258 e. The van der Waals surface area contributed by atoms with E-state index in [1.165, 1.54) is 10.5 Å². The van der Waals surface area contributed by atoms with Gasteiger partial charge in [0.1, 0.15) is 17.2 Å². The highest BCUT2D eigenvalue weighted by atomic mass is 35.5. The lowest BCUT2D eigenvalue weighted by atomic mass is 10.3. The largest absolute Gasteiger partial charge is 0.468 e. The summed E-state index contributed by atoms with van der Waals surface area (Å²) in [5.41, 5.74) is 1.08. The minimum Gasteiger partial charge on any atom is -0.468 e. The first-order valence-corrected chi connectivity index (χ1v) is 8.50. The number of pyridine rings is 1. The summed E-state index contributed by atoms with van der Waals surface area (Å²) in [6, 6.07) is 12.5. The SMILES string of the molecule is O=c1cc(CN(Cc2ccco2)Cc2ccco2)nc2ccc(Cl)cn12. The van der Waals surface area contributed by atoms with Crippen LogP contribution in [0.3, 0.4) is 0 Å². The lowest BCUT2D eigenvalue weighted by Gasteiger charge is -2.19. The van der Waals surface area contributed by atoms with E-state index in [0.717, 1.165) is 11.5 Å². The topological polar surface area (TPSA) is 63.9 Å². The molecular weight excluding hydrogens is 354 g/mol. The predicted molar refractivity (Wildman–Crippen MR) is 96.8 cm³/mol. The molecule has 26 heavy (non-hydrogen) atoms. The molecule has 0 saturated heterocycles. The number of aromatic nitrogens is 2. The highest BCUT2D eigenvalue weighted by Crippen LogP contribution is 2.15. The van der Waals surface area contributed by atoms with Crippen molar-refractivity contribution < 1.29 is 8.83 Å². The number of hydrogen-bond acceptors (Lipinski definition) is 5. The van der Waals surface area contributed by atoms with Gasteiger partial charge in [0.15, 0.2) is 0 Å². The van der Waals surface area contributed by atoms with Crippen LogP contribution in [0.1, 0.15) is 17.2 Å². The van der Waals surface area contributed by atoms with Gasteiger partial charge in [-0.05, 0) is 36.4 Å². The fraction of sp³-hybridized carbons (Fsp3) is 0.158. The second-order valence-corrected chi connectivity index (χ2v) is 6.40. The molecule has 0 amide bonds. The summed E-state index contributed by atoms with van der Waals surface area (Å²) in [5, 5.41) is 0.492. The Bertz CT molecular complexity index is 1020. The maximum absolute atomic E-state index is 12.4. The summed E-state index contributed by atoms with van der Waals surface area (Å²) in [7, 11) is 0. The van der Waals surface area contributed by atoms with E-state index in [-0.39, 0.29) is 5.56 Å². The minimum atomic E-state index is -0.163. The van der Waals surface area contributed by atoms with Gasteiger partial charge >= 0.3 is 0 Å². The molecule has 0 N–H and O–H groups in total. The zero-order valence-electron chi connectivity index (χ0n) is 13.8. The van der Waals surface area contributed by atoms with Gasteiger partial charge in [-0.3, -0.25) is 14.1 Å². The Balaban J connectivity index is 1.63. The Morgan fingerprint density at radius 3 is 2.31 bits per heavy atom. The summed E-state index contributed by atoms with van der Waals surface area (Å²) < 4.78 is 12.3. The molecule has 4 aromatic rings. The molecule has 0 aromatic carbocycles. The van der Waals surface area contributed by atoms with Crippen molar-refractivity contribution in [3.8, 4) is 0 Å². The quantitative estimate of drug-likeness (QED) is 0.518. The Morgan fingerprint density at radius 1 is 1.00 bits per heavy atom. The number of fused-ring (bicyclic) bond motifs is 1. The summed E-state index contributed by atoms with van der Waals surface area (Å²) in [4.78, 5) is 19.1. The van der Waals surface area contributed by atoms with Crippen molar-refractivity contribution in [2.45, 2.75) is 19.6 Å². The van der Waals surface area contributed by atoms with Crippen molar-refractivity contribution in [1.29, 1.82) is 0 Å². The van der Waals surface area contributed by atoms with Gasteiger partial charge in [-0.25, -0.2) is 4.98 Å². The summed E-state index contributed by atoms with van der Waals surface area (Å²) in [6.07, 6.45) is 4.86. The molecule has 0 radical (unpaired) electrons. The number of hydrogen-bond donors (Lipinski definition) is 0. The highest BCUT2D eigenvalue weighted by Gasteiger charge is 2.13. The van der Waals surface area contributed by atoms with Crippen LogP contribution >= 0.6 is 11.6 Å². The molecule has 132 valence electrons. The van der Waals surface area contributed by atoms with Crippen LogP contribution in [-0.2, 0) is 19.6 Å². The molecule has 0 bridgehead atoms. The standard InChI is InChI=1S/C19H16ClN3O3/c20-14-5-6-18-21-15(9-19(24)23(18)10-14)11-22(12-16-3-1-7-25-16)13-17-4-2-8-26-17/h1-10H,11-13H2. The average Bonchev–Trinajstić information content (AvgIpc) is 3.30. The van der Waals surface area contributed by atoms with E-state index in [0.29, 0.717) is 36.0 Å². The van der Waals surface area contributed by atoms with Crippen molar-refractivity contribution in [3.05, 3.63) is 93.8 Å². The van der Waals surface area contributed by atoms with E-state index in [9.17, 15) is 4.79 Å². The number of nitrogens with zero attached hydrogens (tertiary/aromatic N) is 3. The summed E-state index contributed by atoms with van der Waals surface area (Å²) >= 11 is 5.96. The van der Waals surface area contributed by atoms with Gasteiger partial charge in [-0.15, -0.1) is 0 Å². The van der Waals surface area contributed by atoms with Crippen LogP contribution in [0.15, 0.2) is 74.8 Å². The number of halogens is 1. The Labute approximate surface area is 154 Å². The second kappa shape index (κ2) is 7.19. The normalized spacial score (nSPS) is 11.5. The Kier molecular flexibility index (Phi) is 4.60. The molecule has 0 fully saturated rings. The van der Waals surface area contributed by atoms with Gasteiger partial charge < -0.3 is 8.83 Å². The molecule has 0 unspecified atom stereocenters. The molecule has 0 aliphatic rings. The van der Waals surface area contributed by atoms with E-state index < -0.39 is 0 Å². The first-order valence-electron chi connectivity index (χ1n) is 8.12. The van der Waals surface area contributed by atoms with E-state index in [2.05, 4.69) is 9.88 Å². The number of furan rings is 2. The second-order valence-electron chi connectivity index (χ2n) is 5.97. The monoisotopic (exact) mass is 369 g/mol. The van der Waals surface area contributed by atoms with Gasteiger partial charge in [0.2, 0.25) is 0 Å². The summed E-state index contributed by atoms with van der Waals surface area (Å²) in [5.74, 6) is 1.67. The third kappa shape index (κ3) is 3.71. The molecule has 4 rings (SSSR count). The first kappa shape index (κ1) is 16.6. The van der Waals surface area contributed by atoms with Gasteiger partial charge in [0.25, 0.3) is 5.56 Å². The molecule has 7 heteroatoms. The van der Waals surface area contributed by atoms with Crippen LogP contribution in [0.5, 0.6) is 0 Å². The zero-order chi connectivity index (χ0) is 17.9.